The van der Waals surface area contributed by atoms with Crippen molar-refractivity contribution in [1.82, 2.24) is 15.8 Å². The Morgan fingerprint density at radius 1 is 1.05 bits per heavy atom. The SMILES string of the molecule is CSc1ncccc1C(=O)NNC(=O)c1ccc(C)cc1. The summed E-state index contributed by atoms with van der Waals surface area (Å²) in [6.45, 7) is 1.94. The third-order valence-corrected chi connectivity index (χ3v) is 3.52. The van der Waals surface area contributed by atoms with Crippen LogP contribution in [-0.2, 0) is 0 Å². The Morgan fingerprint density at radius 3 is 2.38 bits per heavy atom. The molecule has 2 N–H and O–H groups in total. The van der Waals surface area contributed by atoms with Gasteiger partial charge in [0.15, 0.2) is 0 Å². The lowest BCUT2D eigenvalue weighted by atomic mass is 10.1. The topological polar surface area (TPSA) is 71.1 Å². The number of aromatic nitrogens is 1. The normalized spacial score (nSPS) is 10.0. The van der Waals surface area contributed by atoms with Crippen LogP contribution in [0.3, 0.4) is 0 Å². The van der Waals surface area contributed by atoms with Crippen molar-refractivity contribution >= 4 is 23.6 Å². The number of nitrogens with zero attached hydrogens (tertiary/aromatic N) is 1. The van der Waals surface area contributed by atoms with Gasteiger partial charge < -0.3 is 0 Å². The molecule has 1 aromatic heterocycles. The molecule has 0 unspecified atom stereocenters. The molecule has 0 saturated carbocycles. The second-order valence-electron chi connectivity index (χ2n) is 4.33. The first kappa shape index (κ1) is 15.1. The van der Waals surface area contributed by atoms with Crippen LogP contribution >= 0.6 is 11.8 Å². The average Bonchev–Trinajstić information content (AvgIpc) is 2.52. The minimum atomic E-state index is -0.395. The number of carbonyl (C=O) groups is 2. The third kappa shape index (κ3) is 3.82. The molecular weight excluding hydrogens is 286 g/mol. The van der Waals surface area contributed by atoms with E-state index in [9.17, 15) is 9.59 Å². The zero-order chi connectivity index (χ0) is 15.2. The molecule has 0 bridgehead atoms. The number of hydrogen-bond donors (Lipinski definition) is 2. The van der Waals surface area contributed by atoms with Crippen LogP contribution in [0, 0.1) is 6.92 Å². The van der Waals surface area contributed by atoms with Crippen LogP contribution < -0.4 is 10.9 Å². The van der Waals surface area contributed by atoms with E-state index in [0.29, 0.717) is 16.2 Å². The second kappa shape index (κ2) is 6.90. The first-order valence-electron chi connectivity index (χ1n) is 6.28. The first-order valence-corrected chi connectivity index (χ1v) is 7.50. The molecule has 0 fully saturated rings. The van der Waals surface area contributed by atoms with Gasteiger partial charge in [-0.3, -0.25) is 20.4 Å². The molecule has 1 aromatic carbocycles. The Bertz CT molecular complexity index is 656. The summed E-state index contributed by atoms with van der Waals surface area (Å²) in [4.78, 5) is 28.0. The summed E-state index contributed by atoms with van der Waals surface area (Å²) in [5.41, 5.74) is 6.76. The number of amides is 2. The monoisotopic (exact) mass is 301 g/mol. The Labute approximate surface area is 127 Å². The van der Waals surface area contributed by atoms with Crippen molar-refractivity contribution in [3.63, 3.8) is 0 Å². The van der Waals surface area contributed by atoms with Crippen molar-refractivity contribution in [1.29, 1.82) is 0 Å². The minimum Gasteiger partial charge on any atom is -0.267 e. The maximum Gasteiger partial charge on any atom is 0.272 e. The molecule has 0 aliphatic heterocycles. The Hall–Kier alpha value is -2.34. The molecular formula is C15H15N3O2S. The van der Waals surface area contributed by atoms with E-state index in [2.05, 4.69) is 15.8 Å². The lowest BCUT2D eigenvalue weighted by Gasteiger charge is -2.09. The van der Waals surface area contributed by atoms with E-state index in [1.807, 2.05) is 25.3 Å². The fourth-order valence-corrected chi connectivity index (χ4v) is 2.23. The van der Waals surface area contributed by atoms with E-state index in [-0.39, 0.29) is 5.91 Å². The van der Waals surface area contributed by atoms with Crippen LogP contribution in [0.15, 0.2) is 47.6 Å². The number of hydrogen-bond acceptors (Lipinski definition) is 4. The highest BCUT2D eigenvalue weighted by atomic mass is 32.2. The fourth-order valence-electron chi connectivity index (χ4n) is 1.68. The van der Waals surface area contributed by atoms with Gasteiger partial charge in [0.2, 0.25) is 0 Å². The van der Waals surface area contributed by atoms with Gasteiger partial charge in [0, 0.05) is 11.8 Å². The number of thioether (sulfide) groups is 1. The van der Waals surface area contributed by atoms with Gasteiger partial charge in [-0.2, -0.15) is 0 Å². The highest BCUT2D eigenvalue weighted by Crippen LogP contribution is 2.16. The van der Waals surface area contributed by atoms with E-state index >= 15 is 0 Å². The highest BCUT2D eigenvalue weighted by Gasteiger charge is 2.12. The van der Waals surface area contributed by atoms with Gasteiger partial charge in [-0.15, -0.1) is 11.8 Å². The van der Waals surface area contributed by atoms with E-state index < -0.39 is 5.91 Å². The largest absolute Gasteiger partial charge is 0.272 e. The molecule has 0 aliphatic rings. The number of carbonyl (C=O) groups excluding carboxylic acids is 2. The quantitative estimate of drug-likeness (QED) is 0.673. The van der Waals surface area contributed by atoms with Gasteiger partial charge in [0.05, 0.1) is 5.56 Å². The standard InChI is InChI=1S/C15H15N3O2S/c1-10-5-7-11(8-6-10)13(19)17-18-14(20)12-4-3-9-16-15(12)21-2/h3-9H,1-2H3,(H,17,19)(H,18,20). The summed E-state index contributed by atoms with van der Waals surface area (Å²) in [5.74, 6) is -0.758. The lowest BCUT2D eigenvalue weighted by molar-refractivity contribution is 0.0844. The predicted octanol–water partition coefficient (Wildman–Crippen LogP) is 2.19. The zero-order valence-electron chi connectivity index (χ0n) is 11.7. The Morgan fingerprint density at radius 2 is 1.71 bits per heavy atom. The minimum absolute atomic E-state index is 0.363. The number of pyridine rings is 1. The molecule has 5 nitrogen and oxygen atoms in total. The Kier molecular flexibility index (Phi) is 4.94. The van der Waals surface area contributed by atoms with Crippen LogP contribution in [0.1, 0.15) is 26.3 Å². The molecule has 2 amide bonds. The van der Waals surface area contributed by atoms with Crippen molar-refractivity contribution < 1.29 is 9.59 Å². The van der Waals surface area contributed by atoms with Gasteiger partial charge in [0.1, 0.15) is 5.03 Å². The lowest BCUT2D eigenvalue weighted by Crippen LogP contribution is -2.41. The van der Waals surface area contributed by atoms with Gasteiger partial charge in [-0.25, -0.2) is 4.98 Å². The van der Waals surface area contributed by atoms with Crippen LogP contribution in [0.2, 0.25) is 0 Å². The first-order chi connectivity index (χ1) is 10.1. The highest BCUT2D eigenvalue weighted by molar-refractivity contribution is 7.98. The number of aryl methyl sites for hydroxylation is 1. The maximum atomic E-state index is 12.0. The second-order valence-corrected chi connectivity index (χ2v) is 5.13. The molecule has 2 aromatic rings. The van der Waals surface area contributed by atoms with Crippen molar-refractivity contribution in [3.8, 4) is 0 Å². The predicted molar refractivity (Wildman–Crippen MR) is 82.1 cm³/mol. The summed E-state index contributed by atoms with van der Waals surface area (Å²) in [5, 5.41) is 0.611. The molecule has 0 spiro atoms. The summed E-state index contributed by atoms with van der Waals surface area (Å²) in [6, 6.07) is 10.4. The summed E-state index contributed by atoms with van der Waals surface area (Å²) >= 11 is 1.37. The van der Waals surface area contributed by atoms with Gasteiger partial charge in [-0.05, 0) is 37.4 Å². The van der Waals surface area contributed by atoms with E-state index in [0.717, 1.165) is 5.56 Å². The van der Waals surface area contributed by atoms with Gasteiger partial charge in [-0.1, -0.05) is 17.7 Å². The van der Waals surface area contributed by atoms with Crippen molar-refractivity contribution in [2.45, 2.75) is 11.9 Å². The van der Waals surface area contributed by atoms with E-state index in [1.165, 1.54) is 11.8 Å². The van der Waals surface area contributed by atoms with E-state index in [4.69, 9.17) is 0 Å². The molecule has 0 atom stereocenters. The van der Waals surface area contributed by atoms with Crippen molar-refractivity contribution in [2.75, 3.05) is 6.26 Å². The van der Waals surface area contributed by atoms with Crippen LogP contribution in [-0.4, -0.2) is 23.1 Å². The maximum absolute atomic E-state index is 12.0. The van der Waals surface area contributed by atoms with Gasteiger partial charge >= 0.3 is 0 Å². The molecule has 0 aliphatic carbocycles. The number of rotatable bonds is 3. The fraction of sp³-hybridized carbons (Fsp3) is 0.133. The van der Waals surface area contributed by atoms with Crippen molar-refractivity contribution in [2.24, 2.45) is 0 Å². The molecule has 21 heavy (non-hydrogen) atoms. The summed E-state index contributed by atoms with van der Waals surface area (Å²) < 4.78 is 0. The molecule has 0 saturated heterocycles. The molecule has 2 rings (SSSR count). The number of benzene rings is 1. The van der Waals surface area contributed by atoms with Crippen LogP contribution in [0.5, 0.6) is 0 Å². The van der Waals surface area contributed by atoms with Crippen LogP contribution in [0.4, 0.5) is 0 Å². The van der Waals surface area contributed by atoms with Gasteiger partial charge in [0.25, 0.3) is 11.8 Å². The number of hydrazine groups is 1. The molecule has 108 valence electrons. The Balaban J connectivity index is 2.01. The van der Waals surface area contributed by atoms with Crippen LogP contribution in [0.25, 0.3) is 0 Å². The van der Waals surface area contributed by atoms with Crippen molar-refractivity contribution in [3.05, 3.63) is 59.3 Å². The van der Waals surface area contributed by atoms with E-state index in [1.54, 1.807) is 30.5 Å². The zero-order valence-corrected chi connectivity index (χ0v) is 12.5. The average molecular weight is 301 g/mol. The number of nitrogens with one attached hydrogen (secondary N) is 2. The summed E-state index contributed by atoms with van der Waals surface area (Å²) in [6.07, 6.45) is 3.46. The molecule has 0 radical (unpaired) electrons. The third-order valence-electron chi connectivity index (χ3n) is 2.81. The molecule has 1 heterocycles. The smallest absolute Gasteiger partial charge is 0.267 e. The molecule has 6 heteroatoms. The summed E-state index contributed by atoms with van der Waals surface area (Å²) in [7, 11) is 0.